The smallest absolute Gasteiger partial charge is 0.146 e. The first-order valence-electron chi connectivity index (χ1n) is 10.8. The highest BCUT2D eigenvalue weighted by atomic mass is 19.1. The first-order chi connectivity index (χ1) is 14.7. The average Bonchev–Trinajstić information content (AvgIpc) is 2.78. The number of halogens is 1. The molecule has 0 heterocycles. The van der Waals surface area contributed by atoms with Gasteiger partial charge < -0.3 is 5.32 Å². The van der Waals surface area contributed by atoms with Crippen LogP contribution < -0.4 is 5.32 Å². The Bertz CT molecular complexity index is 832. The zero-order valence-electron chi connectivity index (χ0n) is 20.9. The molecule has 0 saturated heterocycles. The summed E-state index contributed by atoms with van der Waals surface area (Å²) in [6.07, 6.45) is 9.00. The van der Waals surface area contributed by atoms with Crippen LogP contribution in [0.15, 0.2) is 95.6 Å². The van der Waals surface area contributed by atoms with Gasteiger partial charge in [0, 0.05) is 17.6 Å². The highest BCUT2D eigenvalue weighted by molar-refractivity contribution is 5.94. The number of hydrogen-bond donors (Lipinski definition) is 1. The minimum atomic E-state index is -0.376. The predicted octanol–water partition coefficient (Wildman–Crippen LogP) is 9.44. The maximum Gasteiger partial charge on any atom is 0.146 e. The van der Waals surface area contributed by atoms with Gasteiger partial charge in [0.25, 0.3) is 0 Å². The number of benzene rings is 1. The summed E-state index contributed by atoms with van der Waals surface area (Å²) in [5.41, 5.74) is 5.85. The molecule has 0 saturated carbocycles. The third kappa shape index (κ3) is 13.8. The lowest BCUT2D eigenvalue weighted by molar-refractivity contribution is 0.653. The van der Waals surface area contributed by atoms with Crippen molar-refractivity contribution >= 4 is 17.0 Å². The molecule has 0 atom stereocenters. The van der Waals surface area contributed by atoms with E-state index in [4.69, 9.17) is 0 Å². The molecule has 31 heavy (non-hydrogen) atoms. The molecule has 2 nitrogen and oxygen atoms in total. The zero-order valence-corrected chi connectivity index (χ0v) is 20.9. The van der Waals surface area contributed by atoms with Crippen molar-refractivity contribution in [1.29, 1.82) is 0 Å². The first kappa shape index (κ1) is 30.3. The van der Waals surface area contributed by atoms with Gasteiger partial charge in [-0.05, 0) is 70.0 Å². The van der Waals surface area contributed by atoms with Gasteiger partial charge >= 0.3 is 0 Å². The molecule has 0 bridgehead atoms. The molecule has 0 radical (unpaired) electrons. The summed E-state index contributed by atoms with van der Waals surface area (Å²) < 4.78 is 14.0. The Morgan fingerprint density at radius 2 is 1.48 bits per heavy atom. The van der Waals surface area contributed by atoms with E-state index in [1.54, 1.807) is 0 Å². The predicted molar refractivity (Wildman–Crippen MR) is 141 cm³/mol. The number of nitrogens with zero attached hydrogens (tertiary/aromatic N) is 1. The maximum absolute atomic E-state index is 14.0. The number of anilines is 1. The quantitative estimate of drug-likeness (QED) is 0.326. The highest BCUT2D eigenvalue weighted by Crippen LogP contribution is 2.20. The topological polar surface area (TPSA) is 24.4 Å². The number of allylic oxidation sites excluding steroid dienone is 8. The molecule has 0 aromatic heterocycles. The summed E-state index contributed by atoms with van der Waals surface area (Å²) in [7, 11) is 0. The molecular formula is C28H41FN2. The van der Waals surface area contributed by atoms with Crippen molar-refractivity contribution in [3.05, 3.63) is 96.2 Å². The van der Waals surface area contributed by atoms with Crippen LogP contribution in [-0.4, -0.2) is 5.71 Å². The Balaban J connectivity index is 0. The van der Waals surface area contributed by atoms with Gasteiger partial charge in [-0.15, -0.1) is 0 Å². The summed E-state index contributed by atoms with van der Waals surface area (Å²) in [6, 6.07) is 7.72. The normalized spacial score (nSPS) is 12.5. The molecule has 1 rings (SSSR count). The number of hydrogen-bond acceptors (Lipinski definition) is 2. The van der Waals surface area contributed by atoms with Gasteiger partial charge in [0.1, 0.15) is 5.83 Å². The number of nitrogens with one attached hydrogen (secondary N) is 1. The third-order valence-corrected chi connectivity index (χ3v) is 3.80. The van der Waals surface area contributed by atoms with Crippen LogP contribution in [0.2, 0.25) is 0 Å². The second-order valence-electron chi connectivity index (χ2n) is 6.47. The molecule has 1 aromatic carbocycles. The van der Waals surface area contributed by atoms with E-state index in [-0.39, 0.29) is 11.5 Å². The first-order valence-corrected chi connectivity index (χ1v) is 10.8. The second kappa shape index (κ2) is 17.9. The van der Waals surface area contributed by atoms with E-state index in [1.807, 2.05) is 111 Å². The van der Waals surface area contributed by atoms with Crippen molar-refractivity contribution in [2.45, 2.75) is 62.3 Å². The van der Waals surface area contributed by atoms with Gasteiger partial charge in [-0.1, -0.05) is 76.3 Å². The molecule has 1 aromatic rings. The summed E-state index contributed by atoms with van der Waals surface area (Å²) in [5, 5.41) is 2.99. The Hall–Kier alpha value is -2.94. The van der Waals surface area contributed by atoms with Gasteiger partial charge in [0.05, 0.1) is 5.70 Å². The standard InChI is InChI=1S/C24H29FN2.2C2H6/c1-8-18(4)15-24(25)21(7)27-23-13-11-22(12-14-23)19(5)16-26-20(6)10-9-17(2)3;2*1-2/h8-16,27H,2,7H2,1,3-6H3;2*1-2H3/b10-9-,18-8-,19-16+,24-15+,26-20+;;. The lowest BCUT2D eigenvalue weighted by atomic mass is 10.1. The number of rotatable bonds is 8. The van der Waals surface area contributed by atoms with E-state index in [0.29, 0.717) is 0 Å². The van der Waals surface area contributed by atoms with E-state index in [1.165, 1.54) is 6.08 Å². The van der Waals surface area contributed by atoms with Crippen molar-refractivity contribution in [3.8, 4) is 0 Å². The van der Waals surface area contributed by atoms with Gasteiger partial charge in [-0.3, -0.25) is 4.99 Å². The molecule has 0 amide bonds. The van der Waals surface area contributed by atoms with Crippen LogP contribution in [0.4, 0.5) is 10.1 Å². The Morgan fingerprint density at radius 3 is 1.97 bits per heavy atom. The molecule has 0 aliphatic rings. The van der Waals surface area contributed by atoms with Crippen LogP contribution in [0, 0.1) is 0 Å². The maximum atomic E-state index is 14.0. The molecule has 1 N–H and O–H groups in total. The lowest BCUT2D eigenvalue weighted by Crippen LogP contribution is -1.99. The SMILES string of the molecule is C=C(C)\C=C/C(C)=N/C=C(\C)c1ccc(NC(=C)/C(F)=C\C(C)=C/C)cc1.CC.CC. The molecule has 0 aliphatic heterocycles. The molecule has 0 aliphatic carbocycles. The Labute approximate surface area is 190 Å². The molecule has 0 fully saturated rings. The van der Waals surface area contributed by atoms with Gasteiger partial charge in [-0.2, -0.15) is 0 Å². The zero-order chi connectivity index (χ0) is 24.4. The van der Waals surface area contributed by atoms with Crippen LogP contribution in [0.25, 0.3) is 5.57 Å². The minimum Gasteiger partial charge on any atom is -0.354 e. The Morgan fingerprint density at radius 1 is 0.935 bits per heavy atom. The second-order valence-corrected chi connectivity index (χ2v) is 6.47. The summed E-state index contributed by atoms with van der Waals surface area (Å²) in [5.74, 6) is -0.376. The molecule has 170 valence electrons. The van der Waals surface area contributed by atoms with E-state index < -0.39 is 0 Å². The largest absolute Gasteiger partial charge is 0.354 e. The van der Waals surface area contributed by atoms with E-state index in [2.05, 4.69) is 23.5 Å². The minimum absolute atomic E-state index is 0.237. The monoisotopic (exact) mass is 424 g/mol. The fourth-order valence-electron chi connectivity index (χ4n) is 2.00. The fraction of sp³-hybridized carbons (Fsp3) is 0.321. The highest BCUT2D eigenvalue weighted by Gasteiger charge is 2.03. The van der Waals surface area contributed by atoms with Crippen LogP contribution in [0.5, 0.6) is 0 Å². The van der Waals surface area contributed by atoms with E-state index in [0.717, 1.165) is 33.7 Å². The summed E-state index contributed by atoms with van der Waals surface area (Å²) in [6.45, 7) is 25.2. The Kier molecular flexibility index (Phi) is 17.4. The van der Waals surface area contributed by atoms with Crippen molar-refractivity contribution in [1.82, 2.24) is 0 Å². The van der Waals surface area contributed by atoms with Crippen LogP contribution in [-0.2, 0) is 0 Å². The molecule has 0 spiro atoms. The van der Waals surface area contributed by atoms with Gasteiger partial charge in [0.15, 0.2) is 0 Å². The van der Waals surface area contributed by atoms with E-state index >= 15 is 0 Å². The lowest BCUT2D eigenvalue weighted by Gasteiger charge is -2.09. The third-order valence-electron chi connectivity index (χ3n) is 3.80. The van der Waals surface area contributed by atoms with Crippen molar-refractivity contribution in [2.24, 2.45) is 4.99 Å². The summed E-state index contributed by atoms with van der Waals surface area (Å²) in [4.78, 5) is 4.44. The van der Waals surface area contributed by atoms with Gasteiger partial charge in [0.2, 0.25) is 0 Å². The van der Waals surface area contributed by atoms with Gasteiger partial charge in [-0.25, -0.2) is 4.39 Å². The summed E-state index contributed by atoms with van der Waals surface area (Å²) >= 11 is 0. The average molecular weight is 425 g/mol. The van der Waals surface area contributed by atoms with Crippen LogP contribution in [0.1, 0.15) is 67.9 Å². The molecule has 3 heteroatoms. The molecule has 0 unspecified atom stereocenters. The van der Waals surface area contributed by atoms with Crippen molar-refractivity contribution < 1.29 is 4.39 Å². The van der Waals surface area contributed by atoms with Crippen LogP contribution >= 0.6 is 0 Å². The van der Waals surface area contributed by atoms with Crippen LogP contribution in [0.3, 0.4) is 0 Å². The van der Waals surface area contributed by atoms with Crippen molar-refractivity contribution in [2.75, 3.05) is 5.32 Å². The van der Waals surface area contributed by atoms with E-state index in [9.17, 15) is 4.39 Å². The fourth-order valence-corrected chi connectivity index (χ4v) is 2.00. The number of aliphatic imine (C=N–C) groups is 1. The van der Waals surface area contributed by atoms with Crippen molar-refractivity contribution in [3.63, 3.8) is 0 Å². The molecular weight excluding hydrogens is 383 g/mol.